The van der Waals surface area contributed by atoms with Gasteiger partial charge in [-0.3, -0.25) is 20.2 Å². The Morgan fingerprint density at radius 2 is 1.67 bits per heavy atom. The molecule has 1 aromatic carbocycles. The Morgan fingerprint density at radius 1 is 1.11 bits per heavy atom. The van der Waals surface area contributed by atoms with E-state index in [9.17, 15) is 20.2 Å². The van der Waals surface area contributed by atoms with Gasteiger partial charge in [-0.1, -0.05) is 0 Å². The van der Waals surface area contributed by atoms with Gasteiger partial charge in [0.15, 0.2) is 0 Å². The van der Waals surface area contributed by atoms with E-state index in [2.05, 4.69) is 5.10 Å². The SMILES string of the molecule is Nc1ccn(-c2cc([N+](=O)[O-])cc([N+](=O)[O-])c2)n1. The second-order valence-corrected chi connectivity index (χ2v) is 3.41. The molecule has 18 heavy (non-hydrogen) atoms. The van der Waals surface area contributed by atoms with E-state index in [1.54, 1.807) is 0 Å². The van der Waals surface area contributed by atoms with Gasteiger partial charge in [0.2, 0.25) is 0 Å². The molecular formula is C9H7N5O4. The molecule has 9 heteroatoms. The summed E-state index contributed by atoms with van der Waals surface area (Å²) in [6.45, 7) is 0. The van der Waals surface area contributed by atoms with Crippen LogP contribution < -0.4 is 5.73 Å². The number of anilines is 1. The third-order valence-corrected chi connectivity index (χ3v) is 2.18. The molecule has 0 saturated heterocycles. The van der Waals surface area contributed by atoms with Crippen molar-refractivity contribution in [2.24, 2.45) is 0 Å². The van der Waals surface area contributed by atoms with Crippen molar-refractivity contribution in [3.05, 3.63) is 50.7 Å². The second-order valence-electron chi connectivity index (χ2n) is 3.41. The van der Waals surface area contributed by atoms with E-state index in [0.717, 1.165) is 6.07 Å². The summed E-state index contributed by atoms with van der Waals surface area (Å²) in [4.78, 5) is 20.0. The van der Waals surface area contributed by atoms with Gasteiger partial charge in [0.25, 0.3) is 11.4 Å². The molecule has 0 unspecified atom stereocenters. The van der Waals surface area contributed by atoms with Crippen LogP contribution in [0.25, 0.3) is 5.69 Å². The molecule has 0 spiro atoms. The van der Waals surface area contributed by atoms with Crippen LogP contribution in [0.15, 0.2) is 30.5 Å². The van der Waals surface area contributed by atoms with Crippen LogP contribution in [0.5, 0.6) is 0 Å². The standard InChI is InChI=1S/C9H7N5O4/c10-9-1-2-12(11-9)6-3-7(13(15)16)5-8(4-6)14(17)18/h1-5H,(H2,10,11). The van der Waals surface area contributed by atoms with E-state index in [0.29, 0.717) is 0 Å². The lowest BCUT2D eigenvalue weighted by Gasteiger charge is -2.01. The van der Waals surface area contributed by atoms with Crippen LogP contribution >= 0.6 is 0 Å². The van der Waals surface area contributed by atoms with E-state index >= 15 is 0 Å². The average Bonchev–Trinajstić information content (AvgIpc) is 2.75. The molecule has 9 nitrogen and oxygen atoms in total. The summed E-state index contributed by atoms with van der Waals surface area (Å²) < 4.78 is 1.23. The molecule has 0 fully saturated rings. The largest absolute Gasteiger partial charge is 0.382 e. The van der Waals surface area contributed by atoms with Gasteiger partial charge < -0.3 is 5.73 Å². The number of nitro benzene ring substituents is 2. The van der Waals surface area contributed by atoms with Gasteiger partial charge in [0, 0.05) is 24.4 Å². The fraction of sp³-hybridized carbons (Fsp3) is 0. The molecule has 0 aliphatic carbocycles. The Kier molecular flexibility index (Phi) is 2.64. The molecule has 0 saturated carbocycles. The fourth-order valence-electron chi connectivity index (χ4n) is 1.40. The summed E-state index contributed by atoms with van der Waals surface area (Å²) in [5, 5.41) is 25.2. The summed E-state index contributed by atoms with van der Waals surface area (Å²) in [6, 6.07) is 4.72. The quantitative estimate of drug-likeness (QED) is 0.643. The molecule has 2 N–H and O–H groups in total. The molecule has 92 valence electrons. The highest BCUT2D eigenvalue weighted by molar-refractivity contribution is 5.53. The van der Waals surface area contributed by atoms with Crippen molar-refractivity contribution < 1.29 is 9.85 Å². The number of nitrogens with two attached hydrogens (primary N) is 1. The first-order chi connectivity index (χ1) is 8.47. The summed E-state index contributed by atoms with van der Waals surface area (Å²) >= 11 is 0. The molecular weight excluding hydrogens is 242 g/mol. The Morgan fingerprint density at radius 3 is 2.06 bits per heavy atom. The summed E-state index contributed by atoms with van der Waals surface area (Å²) in [7, 11) is 0. The number of benzene rings is 1. The van der Waals surface area contributed by atoms with Crippen LogP contribution in [0.3, 0.4) is 0 Å². The molecule has 0 atom stereocenters. The fourth-order valence-corrected chi connectivity index (χ4v) is 1.40. The monoisotopic (exact) mass is 249 g/mol. The van der Waals surface area contributed by atoms with Crippen molar-refractivity contribution in [3.8, 4) is 5.69 Å². The number of non-ortho nitro benzene ring substituents is 2. The normalized spacial score (nSPS) is 10.2. The first-order valence-corrected chi connectivity index (χ1v) is 4.73. The Hall–Kier alpha value is -2.97. The molecule has 0 amide bonds. The van der Waals surface area contributed by atoms with Gasteiger partial charge in [-0.25, -0.2) is 4.68 Å². The maximum atomic E-state index is 10.7. The predicted octanol–water partition coefficient (Wildman–Crippen LogP) is 1.27. The van der Waals surface area contributed by atoms with Crippen molar-refractivity contribution in [2.75, 3.05) is 5.73 Å². The molecule has 2 rings (SSSR count). The summed E-state index contributed by atoms with van der Waals surface area (Å²) in [5.74, 6) is 0.212. The van der Waals surface area contributed by atoms with Crippen molar-refractivity contribution in [1.29, 1.82) is 0 Å². The Bertz CT molecular complexity index is 603. The summed E-state index contributed by atoms with van der Waals surface area (Å²) in [5.41, 5.74) is 4.85. The van der Waals surface area contributed by atoms with Crippen molar-refractivity contribution in [3.63, 3.8) is 0 Å². The second kappa shape index (κ2) is 4.13. The Balaban J connectivity index is 2.60. The van der Waals surface area contributed by atoms with Gasteiger partial charge in [-0.15, -0.1) is 0 Å². The molecule has 0 radical (unpaired) electrons. The predicted molar refractivity (Wildman–Crippen MR) is 61.3 cm³/mol. The lowest BCUT2D eigenvalue weighted by molar-refractivity contribution is -0.394. The van der Waals surface area contributed by atoms with E-state index in [4.69, 9.17) is 5.73 Å². The van der Waals surface area contributed by atoms with E-state index in [1.165, 1.54) is 29.1 Å². The molecule has 2 aromatic rings. The van der Waals surface area contributed by atoms with Gasteiger partial charge in [-0.2, -0.15) is 5.10 Å². The number of nitrogen functional groups attached to an aromatic ring is 1. The van der Waals surface area contributed by atoms with Crippen molar-refractivity contribution in [2.45, 2.75) is 0 Å². The first kappa shape index (κ1) is 11.5. The molecule has 1 aromatic heterocycles. The van der Waals surface area contributed by atoms with E-state index in [1.807, 2.05) is 0 Å². The number of aromatic nitrogens is 2. The minimum atomic E-state index is -0.705. The molecule has 0 aliphatic heterocycles. The number of nitrogens with zero attached hydrogens (tertiary/aromatic N) is 4. The topological polar surface area (TPSA) is 130 Å². The van der Waals surface area contributed by atoms with Crippen LogP contribution in [0, 0.1) is 20.2 Å². The minimum absolute atomic E-state index is 0.201. The highest BCUT2D eigenvalue weighted by Gasteiger charge is 2.17. The Labute approximate surface area is 99.7 Å². The zero-order valence-corrected chi connectivity index (χ0v) is 8.89. The number of hydrogen-bond acceptors (Lipinski definition) is 6. The lowest BCUT2D eigenvalue weighted by atomic mass is 10.2. The van der Waals surface area contributed by atoms with Crippen LogP contribution in [0.2, 0.25) is 0 Å². The molecule has 0 aliphatic rings. The van der Waals surface area contributed by atoms with Crippen molar-refractivity contribution >= 4 is 17.2 Å². The van der Waals surface area contributed by atoms with Gasteiger partial charge >= 0.3 is 0 Å². The van der Waals surface area contributed by atoms with Gasteiger partial charge in [0.05, 0.1) is 21.6 Å². The van der Waals surface area contributed by atoms with Gasteiger partial charge in [0.1, 0.15) is 5.82 Å². The highest BCUT2D eigenvalue weighted by atomic mass is 16.6. The zero-order chi connectivity index (χ0) is 13.3. The number of nitro groups is 2. The number of hydrogen-bond donors (Lipinski definition) is 1. The smallest absolute Gasteiger partial charge is 0.278 e. The minimum Gasteiger partial charge on any atom is -0.382 e. The van der Waals surface area contributed by atoms with Crippen molar-refractivity contribution in [1.82, 2.24) is 9.78 Å². The average molecular weight is 249 g/mol. The van der Waals surface area contributed by atoms with Crippen LogP contribution in [0.4, 0.5) is 17.2 Å². The third kappa shape index (κ3) is 2.09. The maximum Gasteiger partial charge on any atom is 0.278 e. The third-order valence-electron chi connectivity index (χ3n) is 2.18. The molecule has 0 bridgehead atoms. The van der Waals surface area contributed by atoms with Crippen LogP contribution in [-0.4, -0.2) is 19.6 Å². The summed E-state index contributed by atoms with van der Waals surface area (Å²) in [6.07, 6.45) is 1.46. The van der Waals surface area contributed by atoms with E-state index < -0.39 is 9.85 Å². The van der Waals surface area contributed by atoms with Gasteiger partial charge in [-0.05, 0) is 0 Å². The highest BCUT2D eigenvalue weighted by Crippen LogP contribution is 2.24. The van der Waals surface area contributed by atoms with E-state index in [-0.39, 0.29) is 22.9 Å². The molecule has 1 heterocycles. The lowest BCUT2D eigenvalue weighted by Crippen LogP contribution is -2.00. The first-order valence-electron chi connectivity index (χ1n) is 4.73. The van der Waals surface area contributed by atoms with Crippen LogP contribution in [-0.2, 0) is 0 Å². The number of rotatable bonds is 3. The van der Waals surface area contributed by atoms with Crippen LogP contribution in [0.1, 0.15) is 0 Å². The zero-order valence-electron chi connectivity index (χ0n) is 8.89. The maximum absolute atomic E-state index is 10.7.